The van der Waals surface area contributed by atoms with Gasteiger partial charge in [-0.2, -0.15) is 4.31 Å². The number of sulfonamides is 1. The van der Waals surface area contributed by atoms with Crippen LogP contribution in [0.2, 0.25) is 0 Å². The Balaban J connectivity index is 2.39. The Kier molecular flexibility index (Phi) is 3.59. The van der Waals surface area contributed by atoms with Gasteiger partial charge in [-0.3, -0.25) is 0 Å². The molecule has 6 heteroatoms. The molecule has 16 heavy (non-hydrogen) atoms. The Hall–Kier alpha value is -0.100. The second-order valence-electron chi connectivity index (χ2n) is 3.95. The van der Waals surface area contributed by atoms with Crippen molar-refractivity contribution >= 4 is 33.0 Å². The number of hydrogen-bond acceptors (Lipinski definition) is 3. The molecule has 0 aliphatic carbocycles. The molecule has 0 aromatic carbocycles. The van der Waals surface area contributed by atoms with Crippen molar-refractivity contribution in [1.29, 1.82) is 0 Å². The molecule has 0 radical (unpaired) electrons. The molecule has 90 valence electrons. The molecular weight excluding hydrogens is 266 g/mol. The number of thiophene rings is 1. The van der Waals surface area contributed by atoms with Crippen molar-refractivity contribution in [1.82, 2.24) is 4.31 Å². The van der Waals surface area contributed by atoms with E-state index >= 15 is 0 Å². The molecule has 1 saturated heterocycles. The minimum atomic E-state index is -3.33. The van der Waals surface area contributed by atoms with Crippen LogP contribution < -0.4 is 0 Å². The van der Waals surface area contributed by atoms with Gasteiger partial charge in [-0.1, -0.05) is 0 Å². The van der Waals surface area contributed by atoms with Crippen molar-refractivity contribution in [2.45, 2.75) is 36.6 Å². The third kappa shape index (κ3) is 2.01. The van der Waals surface area contributed by atoms with Crippen LogP contribution in [0.1, 0.15) is 24.6 Å². The summed E-state index contributed by atoms with van der Waals surface area (Å²) in [5.74, 6) is 0.258. The van der Waals surface area contributed by atoms with E-state index < -0.39 is 10.0 Å². The van der Waals surface area contributed by atoms with Crippen LogP contribution in [0, 0.1) is 0 Å². The first-order chi connectivity index (χ1) is 7.57. The van der Waals surface area contributed by atoms with Crippen molar-refractivity contribution in [2.75, 3.05) is 6.54 Å². The maximum absolute atomic E-state index is 12.4. The van der Waals surface area contributed by atoms with Crippen LogP contribution in [-0.4, -0.2) is 25.3 Å². The Morgan fingerprint density at radius 1 is 1.62 bits per heavy atom. The number of nitrogens with zero attached hydrogens (tertiary/aromatic N) is 1. The molecule has 0 amide bonds. The highest BCUT2D eigenvalue weighted by atomic mass is 35.5. The van der Waals surface area contributed by atoms with Crippen LogP contribution in [0.3, 0.4) is 0 Å². The van der Waals surface area contributed by atoms with Gasteiger partial charge < -0.3 is 0 Å². The second kappa shape index (κ2) is 4.64. The molecule has 1 aromatic heterocycles. The van der Waals surface area contributed by atoms with E-state index in [-0.39, 0.29) is 11.9 Å². The van der Waals surface area contributed by atoms with Gasteiger partial charge in [-0.15, -0.1) is 22.9 Å². The van der Waals surface area contributed by atoms with Gasteiger partial charge in [0.2, 0.25) is 10.0 Å². The molecule has 2 rings (SSSR count). The highest BCUT2D eigenvalue weighted by molar-refractivity contribution is 7.89. The van der Waals surface area contributed by atoms with Crippen LogP contribution in [-0.2, 0) is 15.9 Å². The van der Waals surface area contributed by atoms with E-state index in [0.717, 1.165) is 17.7 Å². The molecule has 1 unspecified atom stereocenters. The summed E-state index contributed by atoms with van der Waals surface area (Å²) < 4.78 is 26.3. The average molecular weight is 280 g/mol. The molecule has 0 N–H and O–H groups in total. The second-order valence-corrected chi connectivity index (χ2v) is 7.08. The fraction of sp³-hybridized carbons (Fsp3) is 0.600. The highest BCUT2D eigenvalue weighted by Gasteiger charge is 2.34. The number of rotatable bonds is 3. The van der Waals surface area contributed by atoms with Crippen molar-refractivity contribution in [3.05, 3.63) is 16.3 Å². The molecule has 0 spiro atoms. The lowest BCUT2D eigenvalue weighted by Gasteiger charge is -2.20. The molecule has 2 heterocycles. The first-order valence-corrected chi connectivity index (χ1v) is 8.07. The number of halogens is 1. The Morgan fingerprint density at radius 3 is 2.94 bits per heavy atom. The van der Waals surface area contributed by atoms with E-state index in [2.05, 4.69) is 0 Å². The Labute approximate surface area is 105 Å². The normalized spacial score (nSPS) is 22.8. The summed E-state index contributed by atoms with van der Waals surface area (Å²) in [4.78, 5) is 1.13. The third-order valence-electron chi connectivity index (χ3n) is 2.90. The van der Waals surface area contributed by atoms with Crippen LogP contribution in [0.5, 0.6) is 0 Å². The van der Waals surface area contributed by atoms with Crippen molar-refractivity contribution < 1.29 is 8.42 Å². The van der Waals surface area contributed by atoms with Gasteiger partial charge in [0.05, 0.1) is 10.8 Å². The summed E-state index contributed by atoms with van der Waals surface area (Å²) in [6, 6.07) is 1.76. The summed E-state index contributed by atoms with van der Waals surface area (Å²) >= 11 is 7.15. The molecule has 0 bridgehead atoms. The van der Waals surface area contributed by atoms with E-state index in [1.165, 1.54) is 11.3 Å². The van der Waals surface area contributed by atoms with Crippen molar-refractivity contribution in [3.8, 4) is 0 Å². The van der Waals surface area contributed by atoms with Crippen molar-refractivity contribution in [3.63, 3.8) is 0 Å². The van der Waals surface area contributed by atoms with Gasteiger partial charge in [0, 0.05) is 17.5 Å². The van der Waals surface area contributed by atoms with Crippen LogP contribution in [0.15, 0.2) is 16.3 Å². The van der Waals surface area contributed by atoms with Gasteiger partial charge >= 0.3 is 0 Å². The van der Waals surface area contributed by atoms with E-state index in [1.54, 1.807) is 15.8 Å². The standard InChI is InChI=1S/C10H14ClNO2S2/c1-8-3-2-5-12(8)16(13,14)10-4-6-15-9(10)7-11/h4,6,8H,2-3,5,7H2,1H3. The smallest absolute Gasteiger partial charge is 0.207 e. The highest BCUT2D eigenvalue weighted by Crippen LogP contribution is 2.30. The first-order valence-electron chi connectivity index (χ1n) is 5.21. The summed E-state index contributed by atoms with van der Waals surface area (Å²) in [5, 5.41) is 1.78. The predicted molar refractivity (Wildman–Crippen MR) is 66.5 cm³/mol. The van der Waals surface area contributed by atoms with E-state index in [1.807, 2.05) is 6.92 Å². The SMILES string of the molecule is CC1CCCN1S(=O)(=O)c1ccsc1CCl. The molecule has 3 nitrogen and oxygen atoms in total. The summed E-state index contributed by atoms with van der Waals surface area (Å²) in [5.41, 5.74) is 0. The fourth-order valence-corrected chi connectivity index (χ4v) is 5.42. The zero-order chi connectivity index (χ0) is 11.8. The maximum atomic E-state index is 12.4. The largest absolute Gasteiger partial charge is 0.244 e. The first kappa shape index (κ1) is 12.4. The molecular formula is C10H14ClNO2S2. The van der Waals surface area contributed by atoms with Crippen molar-refractivity contribution in [2.24, 2.45) is 0 Å². The Morgan fingerprint density at radius 2 is 2.38 bits per heavy atom. The van der Waals surface area contributed by atoms with Gasteiger partial charge in [0.1, 0.15) is 0 Å². The average Bonchev–Trinajstić information content (AvgIpc) is 2.85. The lowest BCUT2D eigenvalue weighted by atomic mass is 10.3. The Bertz CT molecular complexity index is 469. The molecule has 1 aliphatic rings. The summed E-state index contributed by atoms with van der Waals surface area (Å²) in [7, 11) is -3.33. The lowest BCUT2D eigenvalue weighted by molar-refractivity contribution is 0.408. The quantitative estimate of drug-likeness (QED) is 0.798. The predicted octanol–water partition coefficient (Wildman–Crippen LogP) is 2.66. The molecule has 1 fully saturated rings. The summed E-state index contributed by atoms with van der Waals surface area (Å²) in [6.45, 7) is 2.58. The number of alkyl halides is 1. The molecule has 0 saturated carbocycles. The van der Waals surface area contributed by atoms with Crippen LogP contribution in [0.4, 0.5) is 0 Å². The van der Waals surface area contributed by atoms with Gasteiger partial charge in [-0.25, -0.2) is 8.42 Å². The van der Waals surface area contributed by atoms with E-state index in [9.17, 15) is 8.42 Å². The van der Waals surface area contributed by atoms with E-state index in [0.29, 0.717) is 11.4 Å². The summed E-state index contributed by atoms with van der Waals surface area (Å²) in [6.07, 6.45) is 1.89. The molecule has 1 aliphatic heterocycles. The number of hydrogen-bond donors (Lipinski definition) is 0. The van der Waals surface area contributed by atoms with Crippen LogP contribution >= 0.6 is 22.9 Å². The zero-order valence-corrected chi connectivity index (χ0v) is 11.4. The minimum absolute atomic E-state index is 0.105. The van der Waals surface area contributed by atoms with E-state index in [4.69, 9.17) is 11.6 Å². The maximum Gasteiger partial charge on any atom is 0.244 e. The van der Waals surface area contributed by atoms with Gasteiger partial charge in [0.25, 0.3) is 0 Å². The third-order valence-corrected chi connectivity index (χ3v) is 6.48. The lowest BCUT2D eigenvalue weighted by Crippen LogP contribution is -2.33. The molecule has 1 atom stereocenters. The molecule has 1 aromatic rings. The van der Waals surface area contributed by atoms with Crippen LogP contribution in [0.25, 0.3) is 0 Å². The minimum Gasteiger partial charge on any atom is -0.207 e. The topological polar surface area (TPSA) is 37.4 Å². The zero-order valence-electron chi connectivity index (χ0n) is 9.02. The monoisotopic (exact) mass is 279 g/mol. The van der Waals surface area contributed by atoms with Gasteiger partial charge in [0.15, 0.2) is 0 Å². The fourth-order valence-electron chi connectivity index (χ4n) is 2.05. The van der Waals surface area contributed by atoms with Gasteiger partial charge in [-0.05, 0) is 31.2 Å².